The molecule has 0 radical (unpaired) electrons. The van der Waals surface area contributed by atoms with Crippen molar-refractivity contribution in [1.82, 2.24) is 19.7 Å². The monoisotopic (exact) mass is 370 g/mol. The molecule has 7 nitrogen and oxygen atoms in total. The van der Waals surface area contributed by atoms with Crippen LogP contribution in [-0.4, -0.2) is 58.2 Å². The number of hydrogen-bond donors (Lipinski definition) is 0. The van der Waals surface area contributed by atoms with Gasteiger partial charge in [-0.1, -0.05) is 6.92 Å². The number of carbonyl (C=O) groups is 1. The highest BCUT2D eigenvalue weighted by molar-refractivity contribution is 5.89. The zero-order chi connectivity index (χ0) is 18.7. The summed E-state index contributed by atoms with van der Waals surface area (Å²) in [6, 6.07) is 2.08. The van der Waals surface area contributed by atoms with Crippen molar-refractivity contribution in [2.45, 2.75) is 19.3 Å². The molecule has 0 spiro atoms. The van der Waals surface area contributed by atoms with E-state index >= 15 is 0 Å². The first-order valence-corrected chi connectivity index (χ1v) is 7.99. The number of aromatic nitrogens is 3. The van der Waals surface area contributed by atoms with E-state index in [9.17, 15) is 18.0 Å². The van der Waals surface area contributed by atoms with Crippen molar-refractivity contribution < 1.29 is 27.4 Å². The number of ether oxygens (including phenoxy) is 2. The minimum Gasteiger partial charge on any atom is -0.440 e. The molecule has 0 amide bonds. The van der Waals surface area contributed by atoms with E-state index in [-0.39, 0.29) is 18.0 Å². The molecule has 1 unspecified atom stereocenters. The first-order valence-electron chi connectivity index (χ1n) is 7.99. The molecule has 1 atom stereocenters. The van der Waals surface area contributed by atoms with Crippen LogP contribution in [0.2, 0.25) is 0 Å². The molecule has 3 heterocycles. The summed E-state index contributed by atoms with van der Waals surface area (Å²) >= 11 is 0. The first-order chi connectivity index (χ1) is 12.4. The molecule has 2 aromatic rings. The van der Waals surface area contributed by atoms with Crippen LogP contribution < -0.4 is 0 Å². The van der Waals surface area contributed by atoms with Crippen molar-refractivity contribution in [2.75, 3.05) is 26.3 Å². The van der Waals surface area contributed by atoms with Crippen LogP contribution in [0.1, 0.15) is 22.8 Å². The highest BCUT2D eigenvalue weighted by Crippen LogP contribution is 2.28. The molecule has 0 aromatic carbocycles. The van der Waals surface area contributed by atoms with Crippen LogP contribution in [0.5, 0.6) is 0 Å². The Labute approximate surface area is 147 Å². The summed E-state index contributed by atoms with van der Waals surface area (Å²) in [5.74, 6) is -0.426. The third kappa shape index (κ3) is 4.02. The number of alkyl halides is 3. The summed E-state index contributed by atoms with van der Waals surface area (Å²) in [5.41, 5.74) is -0.682. The second-order valence-corrected chi connectivity index (χ2v) is 5.64. The number of hydrogen-bond acceptors (Lipinski definition) is 6. The Morgan fingerprint density at radius 1 is 1.38 bits per heavy atom. The predicted octanol–water partition coefficient (Wildman–Crippen LogP) is 2.12. The summed E-state index contributed by atoms with van der Waals surface area (Å²) < 4.78 is 49.7. The van der Waals surface area contributed by atoms with Gasteiger partial charge in [-0.3, -0.25) is 4.90 Å². The van der Waals surface area contributed by atoms with Gasteiger partial charge in [0.15, 0.2) is 12.0 Å². The standard InChI is InChI=1S/C16H17F3N4O3/c1-2-22-5-6-25-10-14(22)26-15(24)11-7-21-23(9-11)13-4-3-12(8-20-13)16(17,18)19/h3-4,7-9,14H,2,5-6,10H2,1H3. The molecular weight excluding hydrogens is 353 g/mol. The van der Waals surface area contributed by atoms with Gasteiger partial charge in [-0.05, 0) is 18.7 Å². The lowest BCUT2D eigenvalue weighted by Crippen LogP contribution is -2.47. The number of esters is 1. The Balaban J connectivity index is 1.70. The number of likely N-dealkylation sites (N-methyl/N-ethyl adjacent to an activating group) is 1. The van der Waals surface area contributed by atoms with Gasteiger partial charge in [-0.2, -0.15) is 18.3 Å². The van der Waals surface area contributed by atoms with Gasteiger partial charge in [0.25, 0.3) is 0 Å². The first kappa shape index (κ1) is 18.3. The van der Waals surface area contributed by atoms with Gasteiger partial charge >= 0.3 is 12.1 Å². The molecule has 26 heavy (non-hydrogen) atoms. The van der Waals surface area contributed by atoms with E-state index in [4.69, 9.17) is 9.47 Å². The average Bonchev–Trinajstić information content (AvgIpc) is 3.12. The molecule has 0 bridgehead atoms. The zero-order valence-corrected chi connectivity index (χ0v) is 13.9. The molecule has 1 aliphatic rings. The van der Waals surface area contributed by atoms with Gasteiger partial charge in [0.2, 0.25) is 0 Å². The molecule has 1 fully saturated rings. The molecule has 140 valence electrons. The second-order valence-electron chi connectivity index (χ2n) is 5.64. The van der Waals surface area contributed by atoms with Crippen LogP contribution in [0.15, 0.2) is 30.7 Å². The Bertz CT molecular complexity index is 761. The third-order valence-corrected chi connectivity index (χ3v) is 3.97. The van der Waals surface area contributed by atoms with Gasteiger partial charge < -0.3 is 9.47 Å². The zero-order valence-electron chi connectivity index (χ0n) is 13.9. The fourth-order valence-electron chi connectivity index (χ4n) is 2.52. The van der Waals surface area contributed by atoms with E-state index in [0.29, 0.717) is 19.3 Å². The maximum Gasteiger partial charge on any atom is 0.417 e. The quantitative estimate of drug-likeness (QED) is 0.768. The van der Waals surface area contributed by atoms with Gasteiger partial charge in [0.1, 0.15) is 0 Å². The van der Waals surface area contributed by atoms with Crippen LogP contribution in [0.4, 0.5) is 13.2 Å². The topological polar surface area (TPSA) is 69.5 Å². The Morgan fingerprint density at radius 2 is 2.19 bits per heavy atom. The van der Waals surface area contributed by atoms with E-state index < -0.39 is 23.9 Å². The van der Waals surface area contributed by atoms with E-state index in [1.54, 1.807) is 0 Å². The summed E-state index contributed by atoms with van der Waals surface area (Å²) in [5, 5.41) is 3.96. The summed E-state index contributed by atoms with van der Waals surface area (Å²) in [6.45, 7) is 4.22. The lowest BCUT2D eigenvalue weighted by atomic mass is 10.3. The minimum atomic E-state index is -4.46. The van der Waals surface area contributed by atoms with Crippen LogP contribution in [-0.2, 0) is 15.7 Å². The van der Waals surface area contributed by atoms with Crippen molar-refractivity contribution >= 4 is 5.97 Å². The van der Waals surface area contributed by atoms with E-state index in [1.807, 2.05) is 11.8 Å². The number of nitrogens with zero attached hydrogens (tertiary/aromatic N) is 4. The van der Waals surface area contributed by atoms with Crippen molar-refractivity contribution in [2.24, 2.45) is 0 Å². The highest BCUT2D eigenvalue weighted by atomic mass is 19.4. The minimum absolute atomic E-state index is 0.160. The van der Waals surface area contributed by atoms with E-state index in [0.717, 1.165) is 12.6 Å². The van der Waals surface area contributed by atoms with Crippen LogP contribution >= 0.6 is 0 Å². The number of halogens is 3. The largest absolute Gasteiger partial charge is 0.440 e. The molecule has 1 saturated heterocycles. The van der Waals surface area contributed by atoms with E-state index in [1.165, 1.54) is 23.1 Å². The normalized spacial score (nSPS) is 18.7. The summed E-state index contributed by atoms with van der Waals surface area (Å²) in [4.78, 5) is 18.0. The maximum atomic E-state index is 12.6. The third-order valence-electron chi connectivity index (χ3n) is 3.97. The predicted molar refractivity (Wildman–Crippen MR) is 83.6 cm³/mol. The molecular formula is C16H17F3N4O3. The van der Waals surface area contributed by atoms with Gasteiger partial charge in [-0.15, -0.1) is 0 Å². The number of carbonyl (C=O) groups excluding carboxylic acids is 1. The van der Waals surface area contributed by atoms with Gasteiger partial charge in [-0.25, -0.2) is 14.5 Å². The van der Waals surface area contributed by atoms with Crippen LogP contribution in [0.25, 0.3) is 5.82 Å². The Kier molecular flexibility index (Phi) is 5.23. The van der Waals surface area contributed by atoms with Crippen LogP contribution in [0, 0.1) is 0 Å². The maximum absolute atomic E-state index is 12.6. The Morgan fingerprint density at radius 3 is 2.85 bits per heavy atom. The molecule has 3 rings (SSSR count). The number of morpholine rings is 1. The lowest BCUT2D eigenvalue weighted by molar-refractivity contribution is -0.137. The van der Waals surface area contributed by atoms with Crippen molar-refractivity contribution in [3.8, 4) is 5.82 Å². The summed E-state index contributed by atoms with van der Waals surface area (Å²) in [6.07, 6.45) is -1.58. The lowest BCUT2D eigenvalue weighted by Gasteiger charge is -2.33. The van der Waals surface area contributed by atoms with Gasteiger partial charge in [0, 0.05) is 18.9 Å². The molecule has 0 N–H and O–H groups in total. The smallest absolute Gasteiger partial charge is 0.417 e. The molecule has 0 saturated carbocycles. The SMILES string of the molecule is CCN1CCOCC1OC(=O)c1cnn(-c2ccc(C(F)(F)F)cn2)c1. The fraction of sp³-hybridized carbons (Fsp3) is 0.438. The van der Waals surface area contributed by atoms with Crippen LogP contribution in [0.3, 0.4) is 0 Å². The van der Waals surface area contributed by atoms with Crippen molar-refractivity contribution in [3.05, 3.63) is 41.9 Å². The summed E-state index contributed by atoms with van der Waals surface area (Å²) in [7, 11) is 0. The molecule has 2 aromatic heterocycles. The Hall–Kier alpha value is -2.46. The van der Waals surface area contributed by atoms with Gasteiger partial charge in [0.05, 0.1) is 30.5 Å². The highest BCUT2D eigenvalue weighted by Gasteiger charge is 2.31. The molecule has 10 heteroatoms. The molecule has 0 aliphatic carbocycles. The fourth-order valence-corrected chi connectivity index (χ4v) is 2.52. The van der Waals surface area contributed by atoms with E-state index in [2.05, 4.69) is 10.1 Å². The second kappa shape index (κ2) is 7.42. The number of rotatable bonds is 4. The number of pyridine rings is 1. The van der Waals surface area contributed by atoms with Crippen molar-refractivity contribution in [3.63, 3.8) is 0 Å². The molecule has 1 aliphatic heterocycles. The average molecular weight is 370 g/mol. The van der Waals surface area contributed by atoms with Crippen molar-refractivity contribution in [1.29, 1.82) is 0 Å².